The van der Waals surface area contributed by atoms with Gasteiger partial charge in [-0.2, -0.15) is 0 Å². The summed E-state index contributed by atoms with van der Waals surface area (Å²) >= 11 is 0. The first-order valence-corrected chi connectivity index (χ1v) is 2.97. The monoisotopic (exact) mass is 180 g/mol. The number of hydrogen-bond donors (Lipinski definition) is 2. The number of benzene rings is 1. The molecule has 1 aromatic carbocycles. The van der Waals surface area contributed by atoms with Gasteiger partial charge in [-0.1, -0.05) is 0 Å². The van der Waals surface area contributed by atoms with Crippen LogP contribution in [0.1, 0.15) is 1.43 Å². The Balaban J connectivity index is 0. The van der Waals surface area contributed by atoms with Gasteiger partial charge in [-0.25, -0.2) is 4.39 Å². The Labute approximate surface area is 93.1 Å². The molecule has 12 heavy (non-hydrogen) atoms. The van der Waals surface area contributed by atoms with Crippen molar-refractivity contribution in [2.24, 2.45) is 0 Å². The second kappa shape index (κ2) is 5.56. The van der Waals surface area contributed by atoms with Crippen LogP contribution in [-0.4, -0.2) is 17.4 Å². The standard InChI is InChI=1S/C6H6BFO3.Na.H/c8-5-1-3-6(4-2-5)11-7(9)10;;/h1-4,9-10H;;/q;+1;-1. The summed E-state index contributed by atoms with van der Waals surface area (Å²) in [7, 11) is -1.86. The van der Waals surface area contributed by atoms with Crippen LogP contribution in [-0.2, 0) is 0 Å². The summed E-state index contributed by atoms with van der Waals surface area (Å²) in [4.78, 5) is 0. The molecule has 0 aliphatic rings. The quantitative estimate of drug-likeness (QED) is 0.486. The van der Waals surface area contributed by atoms with Crippen LogP contribution in [0, 0.1) is 5.82 Å². The molecule has 0 fully saturated rings. The van der Waals surface area contributed by atoms with Crippen LogP contribution in [0.3, 0.4) is 0 Å². The fourth-order valence-electron chi connectivity index (χ4n) is 0.635. The zero-order chi connectivity index (χ0) is 8.27. The van der Waals surface area contributed by atoms with Crippen molar-refractivity contribution in [1.82, 2.24) is 0 Å². The molecule has 0 aliphatic carbocycles. The zero-order valence-electron chi connectivity index (χ0n) is 7.57. The van der Waals surface area contributed by atoms with Gasteiger partial charge in [0.1, 0.15) is 11.6 Å². The summed E-state index contributed by atoms with van der Waals surface area (Å²) in [6.45, 7) is 0. The van der Waals surface area contributed by atoms with Gasteiger partial charge >= 0.3 is 36.9 Å². The summed E-state index contributed by atoms with van der Waals surface area (Å²) in [5.74, 6) is -0.189. The molecule has 0 aromatic heterocycles. The molecule has 0 aliphatic heterocycles. The second-order valence-corrected chi connectivity index (χ2v) is 1.90. The second-order valence-electron chi connectivity index (χ2n) is 1.90. The minimum absolute atomic E-state index is 0. The first-order valence-electron chi connectivity index (χ1n) is 2.97. The van der Waals surface area contributed by atoms with E-state index in [1.54, 1.807) is 0 Å². The van der Waals surface area contributed by atoms with Crippen LogP contribution in [0.15, 0.2) is 24.3 Å². The molecule has 3 nitrogen and oxygen atoms in total. The van der Waals surface area contributed by atoms with Gasteiger partial charge in [-0.3, -0.25) is 0 Å². The Hall–Kier alpha value is -0.0651. The molecule has 0 bridgehead atoms. The predicted octanol–water partition coefficient (Wildman–Crippen LogP) is -2.71. The van der Waals surface area contributed by atoms with Crippen molar-refractivity contribution in [3.63, 3.8) is 0 Å². The van der Waals surface area contributed by atoms with Crippen molar-refractivity contribution in [2.75, 3.05) is 0 Å². The fourth-order valence-corrected chi connectivity index (χ4v) is 0.635. The molecule has 60 valence electrons. The fraction of sp³-hybridized carbons (Fsp3) is 0. The molecule has 0 saturated heterocycles. The number of rotatable bonds is 2. The maximum absolute atomic E-state index is 12.2. The largest absolute Gasteiger partial charge is 1.00 e. The van der Waals surface area contributed by atoms with Crippen LogP contribution >= 0.6 is 0 Å². The van der Waals surface area contributed by atoms with Crippen LogP contribution < -0.4 is 34.2 Å². The van der Waals surface area contributed by atoms with E-state index in [0.717, 1.165) is 12.1 Å². The molecule has 0 radical (unpaired) electrons. The molecular formula is C6H7BFNaO3. The maximum atomic E-state index is 12.2. The van der Waals surface area contributed by atoms with Crippen molar-refractivity contribution < 1.29 is 50.1 Å². The Morgan fingerprint density at radius 1 is 1.25 bits per heavy atom. The smallest absolute Gasteiger partial charge is 1.00 e. The van der Waals surface area contributed by atoms with Crippen LogP contribution in [0.25, 0.3) is 0 Å². The Morgan fingerprint density at radius 2 is 1.75 bits per heavy atom. The summed E-state index contributed by atoms with van der Waals surface area (Å²) in [5.41, 5.74) is 0. The van der Waals surface area contributed by atoms with E-state index in [1.807, 2.05) is 0 Å². The average Bonchev–Trinajstić information content (AvgIpc) is 1.93. The summed E-state index contributed by atoms with van der Waals surface area (Å²) in [5, 5.41) is 16.6. The molecule has 2 N–H and O–H groups in total. The van der Waals surface area contributed by atoms with Gasteiger partial charge < -0.3 is 16.1 Å². The van der Waals surface area contributed by atoms with Gasteiger partial charge in [-0.05, 0) is 24.3 Å². The normalized spacial score (nSPS) is 8.58. The Morgan fingerprint density at radius 3 is 2.17 bits per heavy atom. The van der Waals surface area contributed by atoms with E-state index in [-0.39, 0.29) is 36.7 Å². The van der Waals surface area contributed by atoms with E-state index >= 15 is 0 Å². The molecule has 1 aromatic rings. The van der Waals surface area contributed by atoms with E-state index in [4.69, 9.17) is 10.0 Å². The topological polar surface area (TPSA) is 49.7 Å². The van der Waals surface area contributed by atoms with Crippen molar-refractivity contribution in [2.45, 2.75) is 0 Å². The van der Waals surface area contributed by atoms with E-state index in [0.29, 0.717) is 0 Å². The van der Waals surface area contributed by atoms with Crippen molar-refractivity contribution >= 4 is 7.32 Å². The molecule has 0 unspecified atom stereocenters. The van der Waals surface area contributed by atoms with Gasteiger partial charge in [-0.15, -0.1) is 0 Å². The van der Waals surface area contributed by atoms with Crippen LogP contribution in [0.2, 0.25) is 0 Å². The summed E-state index contributed by atoms with van der Waals surface area (Å²) in [6.07, 6.45) is 0. The van der Waals surface area contributed by atoms with E-state index in [1.165, 1.54) is 12.1 Å². The van der Waals surface area contributed by atoms with E-state index in [2.05, 4.69) is 4.65 Å². The van der Waals surface area contributed by atoms with Gasteiger partial charge in [0, 0.05) is 0 Å². The third-order valence-corrected chi connectivity index (χ3v) is 1.06. The first-order chi connectivity index (χ1) is 5.18. The maximum Gasteiger partial charge on any atom is 1.00 e. The molecule has 0 amide bonds. The third kappa shape index (κ3) is 4.08. The minimum Gasteiger partial charge on any atom is -1.00 e. The Kier molecular flexibility index (Phi) is 5.53. The first kappa shape index (κ1) is 11.9. The van der Waals surface area contributed by atoms with Crippen molar-refractivity contribution in [3.8, 4) is 5.75 Å². The van der Waals surface area contributed by atoms with E-state index < -0.39 is 13.1 Å². The SMILES string of the molecule is OB(O)Oc1ccc(F)cc1.[H-].[Na+]. The predicted molar refractivity (Wildman–Crippen MR) is 38.3 cm³/mol. The number of halogens is 1. The van der Waals surface area contributed by atoms with Crippen LogP contribution in [0.5, 0.6) is 5.75 Å². The molecule has 0 spiro atoms. The zero-order valence-corrected chi connectivity index (χ0v) is 8.57. The summed E-state index contributed by atoms with van der Waals surface area (Å²) in [6, 6.07) is 4.93. The summed E-state index contributed by atoms with van der Waals surface area (Å²) < 4.78 is 16.7. The van der Waals surface area contributed by atoms with Gasteiger partial charge in [0.2, 0.25) is 0 Å². The average molecular weight is 180 g/mol. The van der Waals surface area contributed by atoms with E-state index in [9.17, 15) is 4.39 Å². The molecule has 6 heteroatoms. The molecule has 0 saturated carbocycles. The Bertz CT molecular complexity index is 234. The molecule has 0 heterocycles. The minimum atomic E-state index is -1.86. The molecule has 1 rings (SSSR count). The molecule has 0 atom stereocenters. The van der Waals surface area contributed by atoms with Gasteiger partial charge in [0.15, 0.2) is 0 Å². The van der Waals surface area contributed by atoms with Gasteiger partial charge in [0.25, 0.3) is 0 Å². The van der Waals surface area contributed by atoms with Gasteiger partial charge in [0.05, 0.1) is 0 Å². The third-order valence-electron chi connectivity index (χ3n) is 1.06. The number of hydrogen-bond acceptors (Lipinski definition) is 3. The van der Waals surface area contributed by atoms with Crippen LogP contribution in [0.4, 0.5) is 4.39 Å². The van der Waals surface area contributed by atoms with Crippen molar-refractivity contribution in [1.29, 1.82) is 0 Å². The molecular weight excluding hydrogens is 173 g/mol. The van der Waals surface area contributed by atoms with Crippen molar-refractivity contribution in [3.05, 3.63) is 30.1 Å².